The third-order valence-corrected chi connectivity index (χ3v) is 5.83. The first kappa shape index (κ1) is 25.9. The van der Waals surface area contributed by atoms with Gasteiger partial charge >= 0.3 is 0 Å². The maximum Gasteiger partial charge on any atom is 0.252 e. The van der Waals surface area contributed by atoms with Crippen LogP contribution in [0.15, 0.2) is 53.4 Å². The van der Waals surface area contributed by atoms with E-state index in [-0.39, 0.29) is 17.4 Å². The SMILES string of the molecule is CN(C)CCNC(=O)c1ccccc1SCC(O)Cc1ccccc1C(=O)NC(C)(C)C. The molecule has 6 nitrogen and oxygen atoms in total. The van der Waals surface area contributed by atoms with Crippen molar-refractivity contribution in [2.45, 2.75) is 43.7 Å². The average Bonchev–Trinajstić information content (AvgIpc) is 2.71. The van der Waals surface area contributed by atoms with E-state index in [1.54, 1.807) is 12.1 Å². The smallest absolute Gasteiger partial charge is 0.252 e. The van der Waals surface area contributed by atoms with E-state index in [4.69, 9.17) is 0 Å². The third-order valence-electron chi connectivity index (χ3n) is 4.61. The van der Waals surface area contributed by atoms with E-state index in [9.17, 15) is 14.7 Å². The monoisotopic (exact) mass is 457 g/mol. The summed E-state index contributed by atoms with van der Waals surface area (Å²) in [4.78, 5) is 28.0. The summed E-state index contributed by atoms with van der Waals surface area (Å²) in [6.07, 6.45) is -0.300. The van der Waals surface area contributed by atoms with Crippen LogP contribution in [0, 0.1) is 0 Å². The van der Waals surface area contributed by atoms with Crippen LogP contribution in [0.25, 0.3) is 0 Å². The second-order valence-corrected chi connectivity index (χ2v) is 10.1. The summed E-state index contributed by atoms with van der Waals surface area (Å²) in [5, 5.41) is 16.6. The number of carbonyl (C=O) groups excluding carboxylic acids is 2. The Morgan fingerprint density at radius 2 is 1.62 bits per heavy atom. The Morgan fingerprint density at radius 3 is 2.28 bits per heavy atom. The molecular weight excluding hydrogens is 422 g/mol. The lowest BCUT2D eigenvalue weighted by Gasteiger charge is -2.22. The number of thioether (sulfide) groups is 1. The third kappa shape index (κ3) is 8.65. The molecule has 0 heterocycles. The van der Waals surface area contributed by atoms with Crippen molar-refractivity contribution in [2.24, 2.45) is 0 Å². The van der Waals surface area contributed by atoms with Crippen LogP contribution < -0.4 is 10.6 Å². The number of carbonyl (C=O) groups is 2. The summed E-state index contributed by atoms with van der Waals surface area (Å²) in [5.74, 6) is 0.151. The van der Waals surface area contributed by atoms with E-state index in [0.29, 0.717) is 29.8 Å². The standard InChI is InChI=1S/C25H35N3O3S/c1-25(2,3)27-24(31)20-11-7-6-10-18(20)16-19(29)17-32-22-13-9-8-12-21(22)23(30)26-14-15-28(4)5/h6-13,19,29H,14-17H2,1-5H3,(H,26,30)(H,27,31). The van der Waals surface area contributed by atoms with Crippen LogP contribution in [0.3, 0.4) is 0 Å². The Labute approximate surface area is 195 Å². The lowest BCUT2D eigenvalue weighted by molar-refractivity contribution is 0.0915. The number of aliphatic hydroxyl groups excluding tert-OH is 1. The normalized spacial score (nSPS) is 12.5. The van der Waals surface area contributed by atoms with Crippen LogP contribution in [-0.4, -0.2) is 66.4 Å². The molecule has 0 saturated heterocycles. The topological polar surface area (TPSA) is 81.7 Å². The quantitative estimate of drug-likeness (QED) is 0.478. The van der Waals surface area contributed by atoms with E-state index in [0.717, 1.165) is 17.0 Å². The van der Waals surface area contributed by atoms with Crippen molar-refractivity contribution in [1.29, 1.82) is 0 Å². The van der Waals surface area contributed by atoms with Crippen LogP contribution in [0.1, 0.15) is 47.1 Å². The number of hydrogen-bond donors (Lipinski definition) is 3. The van der Waals surface area contributed by atoms with E-state index in [1.807, 2.05) is 76.2 Å². The number of rotatable bonds is 10. The first-order valence-corrected chi connectivity index (χ1v) is 11.8. The lowest BCUT2D eigenvalue weighted by atomic mass is 10.00. The van der Waals surface area contributed by atoms with E-state index in [2.05, 4.69) is 10.6 Å². The summed E-state index contributed by atoms with van der Waals surface area (Å²) in [6.45, 7) is 7.15. The molecule has 0 spiro atoms. The molecule has 0 aliphatic rings. The van der Waals surface area contributed by atoms with E-state index >= 15 is 0 Å². The maximum absolute atomic E-state index is 12.6. The average molecular weight is 458 g/mol. The number of benzene rings is 2. The second kappa shape index (κ2) is 12.0. The molecule has 0 fully saturated rings. The van der Waals surface area contributed by atoms with Crippen LogP contribution in [0.4, 0.5) is 0 Å². The van der Waals surface area contributed by atoms with Crippen LogP contribution in [0.5, 0.6) is 0 Å². The first-order chi connectivity index (χ1) is 15.1. The lowest BCUT2D eigenvalue weighted by Crippen LogP contribution is -2.41. The highest BCUT2D eigenvalue weighted by Gasteiger charge is 2.19. The molecule has 32 heavy (non-hydrogen) atoms. The van der Waals surface area contributed by atoms with Crippen molar-refractivity contribution in [3.8, 4) is 0 Å². The number of hydrogen-bond acceptors (Lipinski definition) is 5. The largest absolute Gasteiger partial charge is 0.392 e. The molecule has 3 N–H and O–H groups in total. The zero-order chi connectivity index (χ0) is 23.7. The molecular formula is C25H35N3O3S. The first-order valence-electron chi connectivity index (χ1n) is 10.8. The summed E-state index contributed by atoms with van der Waals surface area (Å²) in [7, 11) is 3.92. The number of nitrogens with one attached hydrogen (secondary N) is 2. The van der Waals surface area contributed by atoms with Gasteiger partial charge in [0.25, 0.3) is 11.8 Å². The van der Waals surface area contributed by atoms with Gasteiger partial charge in [-0.15, -0.1) is 11.8 Å². The highest BCUT2D eigenvalue weighted by atomic mass is 32.2. The fraction of sp³-hybridized carbons (Fsp3) is 0.440. The van der Waals surface area contributed by atoms with Gasteiger partial charge in [-0.1, -0.05) is 30.3 Å². The van der Waals surface area contributed by atoms with Gasteiger partial charge in [-0.05, 0) is 65.0 Å². The maximum atomic E-state index is 12.6. The van der Waals surface area contributed by atoms with E-state index < -0.39 is 6.10 Å². The van der Waals surface area contributed by atoms with Crippen molar-refractivity contribution < 1.29 is 14.7 Å². The van der Waals surface area contributed by atoms with Gasteiger partial charge in [0.2, 0.25) is 0 Å². The highest BCUT2D eigenvalue weighted by Crippen LogP contribution is 2.24. The number of nitrogens with zero attached hydrogens (tertiary/aromatic N) is 1. The summed E-state index contributed by atoms with van der Waals surface area (Å²) in [5.41, 5.74) is 1.65. The van der Waals surface area contributed by atoms with Crippen LogP contribution in [-0.2, 0) is 6.42 Å². The zero-order valence-corrected chi connectivity index (χ0v) is 20.5. The van der Waals surface area contributed by atoms with Gasteiger partial charge in [0.15, 0.2) is 0 Å². The van der Waals surface area contributed by atoms with Gasteiger partial charge in [-0.3, -0.25) is 9.59 Å². The van der Waals surface area contributed by atoms with Gasteiger partial charge in [0, 0.05) is 34.8 Å². The molecule has 0 aromatic heterocycles. The van der Waals surface area contributed by atoms with Gasteiger partial charge in [0.05, 0.1) is 11.7 Å². The van der Waals surface area contributed by atoms with Crippen molar-refractivity contribution >= 4 is 23.6 Å². The number of amides is 2. The zero-order valence-electron chi connectivity index (χ0n) is 19.6. The Hall–Kier alpha value is -2.35. The molecule has 0 radical (unpaired) electrons. The van der Waals surface area contributed by atoms with Crippen molar-refractivity contribution in [3.63, 3.8) is 0 Å². The molecule has 0 saturated carbocycles. The summed E-state index contributed by atoms with van der Waals surface area (Å²) in [6, 6.07) is 14.8. The van der Waals surface area contributed by atoms with E-state index in [1.165, 1.54) is 11.8 Å². The predicted molar refractivity (Wildman–Crippen MR) is 131 cm³/mol. The van der Waals surface area contributed by atoms with Crippen LogP contribution >= 0.6 is 11.8 Å². The Balaban J connectivity index is 2.01. The molecule has 7 heteroatoms. The van der Waals surface area contributed by atoms with Gasteiger partial charge in [-0.25, -0.2) is 0 Å². The Kier molecular flexibility index (Phi) is 9.75. The van der Waals surface area contributed by atoms with Crippen LogP contribution in [0.2, 0.25) is 0 Å². The number of likely N-dealkylation sites (N-methyl/N-ethyl adjacent to an activating group) is 1. The molecule has 1 unspecified atom stereocenters. The molecule has 0 aliphatic carbocycles. The fourth-order valence-corrected chi connectivity index (χ4v) is 4.08. The minimum Gasteiger partial charge on any atom is -0.392 e. The molecule has 174 valence electrons. The molecule has 2 aromatic rings. The molecule has 2 aromatic carbocycles. The Morgan fingerprint density at radius 1 is 1.00 bits per heavy atom. The number of aliphatic hydroxyl groups is 1. The minimum absolute atomic E-state index is 0.117. The fourth-order valence-electron chi connectivity index (χ4n) is 3.09. The van der Waals surface area contributed by atoms with Crippen molar-refractivity contribution in [1.82, 2.24) is 15.5 Å². The van der Waals surface area contributed by atoms with Gasteiger partial charge in [-0.2, -0.15) is 0 Å². The molecule has 1 atom stereocenters. The molecule has 2 amide bonds. The van der Waals surface area contributed by atoms with Crippen molar-refractivity contribution in [2.75, 3.05) is 32.9 Å². The second-order valence-electron chi connectivity index (χ2n) is 9.09. The van der Waals surface area contributed by atoms with Gasteiger partial charge < -0.3 is 20.6 Å². The highest BCUT2D eigenvalue weighted by molar-refractivity contribution is 7.99. The van der Waals surface area contributed by atoms with Crippen molar-refractivity contribution in [3.05, 3.63) is 65.2 Å². The predicted octanol–water partition coefficient (Wildman–Crippen LogP) is 3.20. The minimum atomic E-state index is -0.659. The Bertz CT molecular complexity index is 909. The molecule has 2 rings (SSSR count). The summed E-state index contributed by atoms with van der Waals surface area (Å²) >= 11 is 1.44. The molecule has 0 aliphatic heterocycles. The summed E-state index contributed by atoms with van der Waals surface area (Å²) < 4.78 is 0. The molecule has 0 bridgehead atoms. The van der Waals surface area contributed by atoms with Gasteiger partial charge in [0.1, 0.15) is 0 Å².